The van der Waals surface area contributed by atoms with Gasteiger partial charge in [0.2, 0.25) is 0 Å². The third-order valence-corrected chi connectivity index (χ3v) is 7.50. The van der Waals surface area contributed by atoms with Crippen molar-refractivity contribution in [3.63, 3.8) is 0 Å². The van der Waals surface area contributed by atoms with E-state index in [0.717, 1.165) is 64.2 Å². The van der Waals surface area contributed by atoms with Gasteiger partial charge in [0, 0.05) is 13.2 Å². The minimum Gasteiger partial charge on any atom is -0.381 e. The van der Waals surface area contributed by atoms with Gasteiger partial charge in [0.1, 0.15) is 0 Å². The summed E-state index contributed by atoms with van der Waals surface area (Å²) in [5, 5.41) is 0. The van der Waals surface area contributed by atoms with Crippen molar-refractivity contribution in [1.82, 2.24) is 0 Å². The van der Waals surface area contributed by atoms with Gasteiger partial charge in [-0.1, -0.05) is 40.5 Å². The lowest BCUT2D eigenvalue weighted by molar-refractivity contribution is 0.0765. The Morgan fingerprint density at radius 1 is 0.613 bits per heavy atom. The first-order chi connectivity index (χ1) is 14.4. The van der Waals surface area contributed by atoms with Crippen LogP contribution in [-0.4, -0.2) is 46.0 Å². The maximum atomic E-state index is 11.0. The smallest absolute Gasteiger partial charge is 0.381 e. The average molecular weight is 491 g/mol. The van der Waals surface area contributed by atoms with Crippen molar-refractivity contribution in [2.24, 2.45) is 10.8 Å². The Morgan fingerprint density at radius 2 is 0.935 bits per heavy atom. The summed E-state index contributed by atoms with van der Waals surface area (Å²) in [6.45, 7) is 9.46. The lowest BCUT2D eigenvalue weighted by Crippen LogP contribution is -2.25. The molecule has 0 aliphatic rings. The number of rotatable bonds is 20. The second-order valence-corrected chi connectivity index (χ2v) is 10.9. The monoisotopic (exact) mass is 490 g/mol. The molecule has 0 atom stereocenters. The molecule has 31 heavy (non-hydrogen) atoms. The van der Waals surface area contributed by atoms with Crippen LogP contribution in [-0.2, 0) is 22.9 Å². The van der Waals surface area contributed by atoms with Crippen LogP contribution in [0.5, 0.6) is 0 Å². The first kappa shape index (κ1) is 31.2. The molecule has 0 unspecified atom stereocenters. The van der Waals surface area contributed by atoms with Gasteiger partial charge in [-0.15, -0.1) is 0 Å². The molecule has 0 aromatic rings. The van der Waals surface area contributed by atoms with Crippen molar-refractivity contribution in [3.05, 3.63) is 0 Å². The molecule has 4 N–H and O–H groups in total. The van der Waals surface area contributed by atoms with E-state index in [1.165, 1.54) is 0 Å². The molecule has 0 aromatic heterocycles. The number of phosphoric ester groups is 2. The molecular formula is C20H44O9P2. The minimum absolute atomic E-state index is 0.0630. The number of hydrogen-bond donors (Lipinski definition) is 4. The molecule has 0 bridgehead atoms. The maximum Gasteiger partial charge on any atom is 0.469 e. The van der Waals surface area contributed by atoms with Gasteiger partial charge in [-0.3, -0.25) is 9.05 Å². The zero-order valence-electron chi connectivity index (χ0n) is 19.6. The summed E-state index contributed by atoms with van der Waals surface area (Å²) in [5.74, 6) is 0. The van der Waals surface area contributed by atoms with Crippen molar-refractivity contribution in [1.29, 1.82) is 0 Å². The quantitative estimate of drug-likeness (QED) is 0.134. The van der Waals surface area contributed by atoms with E-state index in [1.807, 2.05) is 27.7 Å². The van der Waals surface area contributed by atoms with Crippen molar-refractivity contribution in [3.8, 4) is 0 Å². The fraction of sp³-hybridized carbons (Fsp3) is 1.00. The Morgan fingerprint density at radius 3 is 1.19 bits per heavy atom. The van der Waals surface area contributed by atoms with Gasteiger partial charge in [0.25, 0.3) is 0 Å². The fourth-order valence-electron chi connectivity index (χ4n) is 3.71. The summed E-state index contributed by atoms with van der Waals surface area (Å²) in [6, 6.07) is 0. The van der Waals surface area contributed by atoms with E-state index >= 15 is 0 Å². The second-order valence-electron chi connectivity index (χ2n) is 8.47. The molecular weight excluding hydrogens is 446 g/mol. The normalized spacial score (nSPS) is 13.7. The minimum atomic E-state index is -4.45. The third kappa shape index (κ3) is 14.8. The highest BCUT2D eigenvalue weighted by Crippen LogP contribution is 2.43. The van der Waals surface area contributed by atoms with Crippen molar-refractivity contribution in [2.75, 3.05) is 26.4 Å². The van der Waals surface area contributed by atoms with E-state index in [0.29, 0.717) is 13.2 Å². The van der Waals surface area contributed by atoms with Gasteiger partial charge in [-0.05, 0) is 62.2 Å². The fourth-order valence-corrected chi connectivity index (χ4v) is 4.60. The molecule has 0 aromatic carbocycles. The molecule has 0 aliphatic heterocycles. The number of hydrogen-bond acceptors (Lipinski definition) is 5. The van der Waals surface area contributed by atoms with Crippen LogP contribution in [0.15, 0.2) is 0 Å². The molecule has 188 valence electrons. The highest BCUT2D eigenvalue weighted by atomic mass is 31.2. The van der Waals surface area contributed by atoms with Gasteiger partial charge in [0.15, 0.2) is 0 Å². The maximum absolute atomic E-state index is 11.0. The van der Waals surface area contributed by atoms with Crippen LogP contribution in [0.2, 0.25) is 0 Å². The summed E-state index contributed by atoms with van der Waals surface area (Å²) in [7, 11) is -8.90. The average Bonchev–Trinajstić information content (AvgIpc) is 2.70. The SMILES string of the molecule is CCC(CC)(CCCCOCCCCC(CC)(CC)COP(=O)(O)O)COP(=O)(O)O. The highest BCUT2D eigenvalue weighted by molar-refractivity contribution is 7.46. The first-order valence-electron chi connectivity index (χ1n) is 11.3. The Bertz CT molecular complexity index is 503. The zero-order chi connectivity index (χ0) is 24.0. The second kappa shape index (κ2) is 15.2. The summed E-state index contributed by atoms with van der Waals surface area (Å²) < 4.78 is 37.2. The third-order valence-electron chi connectivity index (χ3n) is 6.57. The molecule has 0 fully saturated rings. The van der Waals surface area contributed by atoms with Crippen LogP contribution in [0.3, 0.4) is 0 Å². The van der Waals surface area contributed by atoms with Crippen molar-refractivity contribution >= 4 is 15.6 Å². The van der Waals surface area contributed by atoms with Crippen LogP contribution in [0.4, 0.5) is 0 Å². The highest BCUT2D eigenvalue weighted by Gasteiger charge is 2.30. The van der Waals surface area contributed by atoms with Crippen molar-refractivity contribution < 1.29 is 42.5 Å². The van der Waals surface area contributed by atoms with Crippen molar-refractivity contribution in [2.45, 2.75) is 91.9 Å². The first-order valence-corrected chi connectivity index (χ1v) is 14.4. The molecule has 0 radical (unpaired) electrons. The van der Waals surface area contributed by atoms with E-state index in [-0.39, 0.29) is 24.0 Å². The molecule has 0 spiro atoms. The predicted molar refractivity (Wildman–Crippen MR) is 121 cm³/mol. The van der Waals surface area contributed by atoms with Crippen LogP contribution < -0.4 is 0 Å². The molecule has 0 saturated carbocycles. The predicted octanol–water partition coefficient (Wildman–Crippen LogP) is 5.18. The van der Waals surface area contributed by atoms with E-state index in [4.69, 9.17) is 33.4 Å². The van der Waals surface area contributed by atoms with E-state index < -0.39 is 15.6 Å². The standard InChI is InChI=1S/C20H44O9P2/c1-5-19(6-2,17-28-30(21,22)23)13-9-11-15-27-16-12-10-14-20(7-3,8-4)18-29-31(24,25)26/h5-18H2,1-4H3,(H2,21,22,23)(H2,24,25,26). The van der Waals surface area contributed by atoms with Gasteiger partial charge in [0.05, 0.1) is 13.2 Å². The zero-order valence-corrected chi connectivity index (χ0v) is 21.4. The Kier molecular flexibility index (Phi) is 15.2. The van der Waals surface area contributed by atoms with Gasteiger partial charge < -0.3 is 24.3 Å². The number of ether oxygens (including phenoxy) is 1. The summed E-state index contributed by atoms with van der Waals surface area (Å²) in [4.78, 5) is 35.8. The lowest BCUT2D eigenvalue weighted by Gasteiger charge is -2.31. The van der Waals surface area contributed by atoms with Gasteiger partial charge in [-0.25, -0.2) is 9.13 Å². The summed E-state index contributed by atoms with van der Waals surface area (Å²) >= 11 is 0. The largest absolute Gasteiger partial charge is 0.469 e. The van der Waals surface area contributed by atoms with Gasteiger partial charge in [-0.2, -0.15) is 0 Å². The summed E-state index contributed by atoms with van der Waals surface area (Å²) in [5.41, 5.74) is -0.445. The van der Waals surface area contributed by atoms with Crippen LogP contribution in [0.1, 0.15) is 91.9 Å². The van der Waals surface area contributed by atoms with Crippen LogP contribution in [0, 0.1) is 10.8 Å². The summed E-state index contributed by atoms with van der Waals surface area (Å²) in [6.07, 6.45) is 8.42. The molecule has 0 aliphatic carbocycles. The Hall–Kier alpha value is 0.180. The molecule has 0 rings (SSSR count). The topological polar surface area (TPSA) is 143 Å². The van der Waals surface area contributed by atoms with E-state index in [9.17, 15) is 9.13 Å². The van der Waals surface area contributed by atoms with E-state index in [2.05, 4.69) is 0 Å². The molecule has 0 amide bonds. The molecule has 0 heterocycles. The van der Waals surface area contributed by atoms with Crippen LogP contribution in [0.25, 0.3) is 0 Å². The number of phosphoric acid groups is 2. The Labute approximate surface area is 187 Å². The number of unbranched alkanes of at least 4 members (excludes halogenated alkanes) is 2. The lowest BCUT2D eigenvalue weighted by atomic mass is 9.79. The Balaban J connectivity index is 4.10. The molecule has 9 nitrogen and oxygen atoms in total. The van der Waals surface area contributed by atoms with Crippen LogP contribution >= 0.6 is 15.6 Å². The molecule has 11 heteroatoms. The van der Waals surface area contributed by atoms with E-state index in [1.54, 1.807) is 0 Å². The molecule has 0 saturated heterocycles. The van der Waals surface area contributed by atoms with Gasteiger partial charge >= 0.3 is 15.6 Å².